The second kappa shape index (κ2) is 9.30. The Kier molecular flexibility index (Phi) is 6.27. The fraction of sp³-hybridized carbons (Fsp3) is 0.240. The zero-order valence-electron chi connectivity index (χ0n) is 19.1. The molecule has 0 atom stereocenters. The Morgan fingerprint density at radius 1 is 0.676 bits per heavy atom. The molecule has 0 aliphatic heterocycles. The van der Waals surface area contributed by atoms with Crippen LogP contribution in [0.2, 0.25) is 0 Å². The summed E-state index contributed by atoms with van der Waals surface area (Å²) in [7, 11) is 5.82. The first-order valence-electron chi connectivity index (χ1n) is 10.3. The third-order valence-electron chi connectivity index (χ3n) is 5.44. The minimum absolute atomic E-state index is 0.150. The standard InChI is InChI=1S/C25H22O9/c1-29-18-9-13-5-7-20(27)33-22(13)16(24(18)31-3)11-15(26)12-17-23-14(6-8-21(28)34-23)10-19(30-2)25(17)32-4/h5-10H,11-12H2,1-4H3. The Hall–Kier alpha value is -4.27. The number of hydrogen-bond acceptors (Lipinski definition) is 9. The van der Waals surface area contributed by atoms with Gasteiger partial charge in [0, 0.05) is 46.9 Å². The van der Waals surface area contributed by atoms with Crippen molar-refractivity contribution in [1.82, 2.24) is 0 Å². The highest BCUT2D eigenvalue weighted by molar-refractivity contribution is 5.95. The highest BCUT2D eigenvalue weighted by atomic mass is 16.5. The molecule has 0 aliphatic rings. The monoisotopic (exact) mass is 466 g/mol. The van der Waals surface area contributed by atoms with Crippen LogP contribution in [0.3, 0.4) is 0 Å². The quantitative estimate of drug-likeness (QED) is 0.361. The van der Waals surface area contributed by atoms with Crippen molar-refractivity contribution in [3.05, 3.63) is 68.4 Å². The van der Waals surface area contributed by atoms with E-state index in [-0.39, 0.29) is 41.3 Å². The number of benzene rings is 2. The van der Waals surface area contributed by atoms with Gasteiger partial charge < -0.3 is 27.8 Å². The molecule has 0 spiro atoms. The topological polar surface area (TPSA) is 114 Å². The van der Waals surface area contributed by atoms with Gasteiger partial charge in [-0.1, -0.05) is 0 Å². The van der Waals surface area contributed by atoms with E-state index in [0.717, 1.165) is 0 Å². The van der Waals surface area contributed by atoms with Crippen LogP contribution < -0.4 is 30.2 Å². The van der Waals surface area contributed by atoms with Gasteiger partial charge in [-0.3, -0.25) is 4.79 Å². The fourth-order valence-electron chi connectivity index (χ4n) is 4.00. The Morgan fingerprint density at radius 3 is 1.44 bits per heavy atom. The van der Waals surface area contributed by atoms with E-state index in [2.05, 4.69) is 0 Å². The molecule has 9 heteroatoms. The van der Waals surface area contributed by atoms with E-state index in [4.69, 9.17) is 27.8 Å². The van der Waals surface area contributed by atoms with Crippen molar-refractivity contribution in [2.24, 2.45) is 0 Å². The highest BCUT2D eigenvalue weighted by Gasteiger charge is 2.24. The van der Waals surface area contributed by atoms with Crippen LogP contribution in [-0.2, 0) is 17.6 Å². The van der Waals surface area contributed by atoms with Gasteiger partial charge in [-0.2, -0.15) is 0 Å². The van der Waals surface area contributed by atoms with E-state index in [0.29, 0.717) is 33.4 Å². The molecule has 0 radical (unpaired) electrons. The molecule has 34 heavy (non-hydrogen) atoms. The third-order valence-corrected chi connectivity index (χ3v) is 5.44. The molecule has 9 nitrogen and oxygen atoms in total. The summed E-state index contributed by atoms with van der Waals surface area (Å²) < 4.78 is 32.6. The molecule has 0 aliphatic carbocycles. The van der Waals surface area contributed by atoms with Gasteiger partial charge in [-0.15, -0.1) is 0 Å². The van der Waals surface area contributed by atoms with Crippen LogP contribution in [0, 0.1) is 0 Å². The van der Waals surface area contributed by atoms with Gasteiger partial charge in [0.1, 0.15) is 16.9 Å². The molecule has 2 aromatic carbocycles. The lowest BCUT2D eigenvalue weighted by molar-refractivity contribution is -0.117. The Balaban J connectivity index is 1.84. The normalized spacial score (nSPS) is 10.9. The van der Waals surface area contributed by atoms with Crippen molar-refractivity contribution in [2.75, 3.05) is 28.4 Å². The van der Waals surface area contributed by atoms with Gasteiger partial charge in [0.15, 0.2) is 23.0 Å². The maximum atomic E-state index is 13.3. The first kappa shape index (κ1) is 22.9. The summed E-state index contributed by atoms with van der Waals surface area (Å²) in [4.78, 5) is 37.1. The summed E-state index contributed by atoms with van der Waals surface area (Å²) in [5, 5.41) is 1.16. The molecule has 0 amide bonds. The van der Waals surface area contributed by atoms with Gasteiger partial charge >= 0.3 is 11.3 Å². The lowest BCUT2D eigenvalue weighted by Gasteiger charge is -2.16. The fourth-order valence-corrected chi connectivity index (χ4v) is 4.00. The summed E-state index contributed by atoms with van der Waals surface area (Å²) in [5.41, 5.74) is 0.0747. The van der Waals surface area contributed by atoms with Crippen LogP contribution in [0.4, 0.5) is 0 Å². The molecule has 2 aromatic heterocycles. The van der Waals surface area contributed by atoms with Crippen LogP contribution in [0.25, 0.3) is 21.9 Å². The van der Waals surface area contributed by atoms with Crippen molar-refractivity contribution in [1.29, 1.82) is 0 Å². The number of methoxy groups -OCH3 is 4. The minimum Gasteiger partial charge on any atom is -0.493 e. The first-order chi connectivity index (χ1) is 16.4. The number of carbonyl (C=O) groups excluding carboxylic acids is 1. The molecule has 176 valence electrons. The molecule has 4 rings (SSSR count). The number of ketones is 1. The second-order valence-electron chi connectivity index (χ2n) is 7.42. The zero-order valence-corrected chi connectivity index (χ0v) is 19.1. The Bertz CT molecular complexity index is 1400. The van der Waals surface area contributed by atoms with E-state index in [9.17, 15) is 14.4 Å². The van der Waals surface area contributed by atoms with Gasteiger partial charge in [-0.25, -0.2) is 9.59 Å². The molecule has 2 heterocycles. The van der Waals surface area contributed by atoms with E-state index in [1.54, 1.807) is 24.3 Å². The van der Waals surface area contributed by atoms with Crippen molar-refractivity contribution in [3.8, 4) is 23.0 Å². The molecule has 0 unspecified atom stereocenters. The summed E-state index contributed by atoms with van der Waals surface area (Å²) in [5.74, 6) is 1.07. The van der Waals surface area contributed by atoms with Crippen LogP contribution >= 0.6 is 0 Å². The molecule has 0 N–H and O–H groups in total. The molecule has 4 aromatic rings. The first-order valence-corrected chi connectivity index (χ1v) is 10.3. The third kappa shape index (κ3) is 4.07. The van der Waals surface area contributed by atoms with Crippen LogP contribution in [0.15, 0.2) is 54.8 Å². The average molecular weight is 466 g/mol. The predicted octanol–water partition coefficient (Wildman–Crippen LogP) is 3.29. The number of Topliss-reactive ketones (excluding diaryl/α,β-unsaturated/α-hetero) is 1. The van der Waals surface area contributed by atoms with Crippen LogP contribution in [-0.4, -0.2) is 34.2 Å². The molecular formula is C25H22O9. The minimum atomic E-state index is -0.560. The average Bonchev–Trinajstić information content (AvgIpc) is 2.83. The number of hydrogen-bond donors (Lipinski definition) is 0. The smallest absolute Gasteiger partial charge is 0.336 e. The molecule has 0 fully saturated rings. The zero-order chi connectivity index (χ0) is 24.4. The lowest BCUT2D eigenvalue weighted by Crippen LogP contribution is -2.12. The van der Waals surface area contributed by atoms with E-state index < -0.39 is 11.3 Å². The predicted molar refractivity (Wildman–Crippen MR) is 124 cm³/mol. The van der Waals surface area contributed by atoms with E-state index in [1.807, 2.05) is 0 Å². The van der Waals surface area contributed by atoms with Crippen molar-refractivity contribution in [2.45, 2.75) is 12.8 Å². The van der Waals surface area contributed by atoms with Gasteiger partial charge in [0.25, 0.3) is 0 Å². The second-order valence-corrected chi connectivity index (χ2v) is 7.42. The van der Waals surface area contributed by atoms with Crippen LogP contribution in [0.1, 0.15) is 11.1 Å². The Labute approximate surface area is 193 Å². The number of fused-ring (bicyclic) bond motifs is 2. The maximum Gasteiger partial charge on any atom is 0.336 e. The van der Waals surface area contributed by atoms with Crippen molar-refractivity contribution >= 4 is 27.7 Å². The van der Waals surface area contributed by atoms with E-state index >= 15 is 0 Å². The van der Waals surface area contributed by atoms with Gasteiger partial charge in [-0.05, 0) is 24.3 Å². The molecule has 0 saturated heterocycles. The SMILES string of the molecule is COc1cc2ccc(=O)oc2c(CC(=O)Cc2c(OC)c(OC)cc3ccc(=O)oc23)c1OC. The lowest BCUT2D eigenvalue weighted by atomic mass is 9.97. The Morgan fingerprint density at radius 2 is 1.09 bits per heavy atom. The van der Waals surface area contributed by atoms with Crippen molar-refractivity contribution in [3.63, 3.8) is 0 Å². The van der Waals surface area contributed by atoms with E-state index in [1.165, 1.54) is 40.6 Å². The largest absolute Gasteiger partial charge is 0.493 e. The van der Waals surface area contributed by atoms with Crippen LogP contribution in [0.5, 0.6) is 23.0 Å². The van der Waals surface area contributed by atoms with Gasteiger partial charge in [0.05, 0.1) is 28.4 Å². The summed E-state index contributed by atoms with van der Waals surface area (Å²) in [6.07, 6.45) is -0.300. The summed E-state index contributed by atoms with van der Waals surface area (Å²) in [6.45, 7) is 0. The molecule has 0 saturated carbocycles. The highest BCUT2D eigenvalue weighted by Crippen LogP contribution is 2.40. The molecule has 0 bridgehead atoms. The number of rotatable bonds is 8. The summed E-state index contributed by atoms with van der Waals surface area (Å²) in [6, 6.07) is 9.08. The maximum absolute atomic E-state index is 13.3. The number of carbonyl (C=O) groups is 1. The number of ether oxygens (including phenoxy) is 4. The van der Waals surface area contributed by atoms with Crippen molar-refractivity contribution < 1.29 is 32.6 Å². The molecular weight excluding hydrogens is 444 g/mol. The summed E-state index contributed by atoms with van der Waals surface area (Å²) >= 11 is 0. The van der Waals surface area contributed by atoms with Gasteiger partial charge in [0.2, 0.25) is 0 Å².